The van der Waals surface area contributed by atoms with Crippen molar-refractivity contribution in [3.05, 3.63) is 298 Å². The zero-order chi connectivity index (χ0) is 94.9. The summed E-state index contributed by atoms with van der Waals surface area (Å²) >= 11 is 49.6. The molecule has 12 aromatic rings. The van der Waals surface area contributed by atoms with Crippen molar-refractivity contribution < 1.29 is 87.6 Å². The van der Waals surface area contributed by atoms with Gasteiger partial charge in [-0.2, -0.15) is 19.9 Å². The molecular formula is C86H60Cl4N12O22S8. The van der Waals surface area contributed by atoms with Crippen LogP contribution in [0.15, 0.2) is 233 Å². The third-order valence-electron chi connectivity index (χ3n) is 17.9. The van der Waals surface area contributed by atoms with Crippen molar-refractivity contribution in [1.29, 1.82) is 0 Å². The first kappa shape index (κ1) is 97.7. The molecule has 672 valence electrons. The van der Waals surface area contributed by atoms with Crippen LogP contribution in [0.4, 0.5) is 0 Å². The Hall–Kier alpha value is -13.4. The van der Waals surface area contributed by atoms with Gasteiger partial charge < -0.3 is 44.5 Å². The van der Waals surface area contributed by atoms with Crippen molar-refractivity contribution in [3.63, 3.8) is 0 Å². The molecule has 4 fully saturated rings. The number of hydrogen-bond donors (Lipinski definition) is 5. The number of ether oxygens (including phenoxy) is 4. The van der Waals surface area contributed by atoms with Crippen LogP contribution < -0.4 is 41.2 Å². The molecule has 0 unspecified atom stereocenters. The summed E-state index contributed by atoms with van der Waals surface area (Å²) in [4.78, 5) is 180. The lowest BCUT2D eigenvalue weighted by molar-refractivity contribution is -0.138. The van der Waals surface area contributed by atoms with Crippen LogP contribution in [0.5, 0.6) is 46.5 Å². The molecule has 5 N–H and O–H groups in total. The quantitative estimate of drug-likeness (QED) is 0.0277. The Morgan fingerprint density at radius 1 is 0.318 bits per heavy atom. The van der Waals surface area contributed by atoms with E-state index in [-0.39, 0.29) is 135 Å². The predicted octanol–water partition coefficient (Wildman–Crippen LogP) is 15.4. The minimum atomic E-state index is -1.05. The van der Waals surface area contributed by atoms with E-state index in [4.69, 9.17) is 145 Å². The van der Waals surface area contributed by atoms with Gasteiger partial charge >= 0.3 is 23.9 Å². The lowest BCUT2D eigenvalue weighted by Crippen LogP contribution is -2.30. The molecule has 46 heteroatoms. The zero-order valence-electron chi connectivity index (χ0n) is 67.3. The molecule has 16 rings (SSSR count). The van der Waals surface area contributed by atoms with E-state index in [1.165, 1.54) is 61.5 Å². The maximum atomic E-state index is 13.2. The monoisotopic (exact) mass is 2010 g/mol. The van der Waals surface area contributed by atoms with E-state index in [0.717, 1.165) is 54.0 Å². The number of nitrogens with zero attached hydrogens (tertiary/aromatic N) is 12. The Morgan fingerprint density at radius 2 is 0.500 bits per heavy atom. The predicted molar refractivity (Wildman–Crippen MR) is 514 cm³/mol. The SMILES string of the molecule is CC(=O)O.O=C(O)CCN1C(=O)/C(=C/c2c(Oc3ccccc3Cl)nc3ccccn3c2=O)SC1=S.O=C(O)CCN1C(=O)/C(=C/c2c(Oc3ccccc3Cl)nc3ccccn3c2=O)SC1=S.O=C(O)CCN1C(=O)/C(=C/c2c(Oc3ccccc3Cl)nc3ccccn3c2=O)SC1=S.O=C(O)CCN1C(=O)/C(=C/c2c(Oc3ccccc3Cl)nc3ccccn3c2=O)SC1=S. The van der Waals surface area contributed by atoms with Gasteiger partial charge in [-0.3, -0.25) is 99.5 Å². The minimum absolute atomic E-state index is 0.0231. The van der Waals surface area contributed by atoms with Crippen LogP contribution in [0, 0.1) is 0 Å². The van der Waals surface area contributed by atoms with E-state index < -0.39 is 75.7 Å². The lowest BCUT2D eigenvalue weighted by Gasteiger charge is -2.12. The number of carboxylic acids is 5. The number of rotatable bonds is 24. The largest absolute Gasteiger partial charge is 0.481 e. The molecule has 4 amide bonds. The van der Waals surface area contributed by atoms with Gasteiger partial charge in [-0.15, -0.1) is 0 Å². The van der Waals surface area contributed by atoms with Gasteiger partial charge in [0.2, 0.25) is 23.5 Å². The van der Waals surface area contributed by atoms with E-state index >= 15 is 0 Å². The van der Waals surface area contributed by atoms with Gasteiger partial charge in [0.15, 0.2) is 0 Å². The van der Waals surface area contributed by atoms with Crippen molar-refractivity contribution in [2.45, 2.75) is 32.6 Å². The molecule has 0 bridgehead atoms. The van der Waals surface area contributed by atoms with Gasteiger partial charge in [-0.1, -0.05) is 215 Å². The maximum Gasteiger partial charge on any atom is 0.305 e. The van der Waals surface area contributed by atoms with Crippen molar-refractivity contribution in [2.75, 3.05) is 26.2 Å². The number of halogens is 4. The van der Waals surface area contributed by atoms with E-state index in [1.54, 1.807) is 195 Å². The van der Waals surface area contributed by atoms with Gasteiger partial charge in [0, 0.05) is 57.9 Å². The zero-order valence-corrected chi connectivity index (χ0v) is 76.8. The number of hydrogen-bond acceptors (Lipinski definition) is 29. The summed E-state index contributed by atoms with van der Waals surface area (Å²) in [7, 11) is 0. The fourth-order valence-corrected chi connectivity index (χ4v) is 17.6. The molecule has 0 atom stereocenters. The number of aromatic nitrogens is 8. The Kier molecular flexibility index (Phi) is 32.9. The van der Waals surface area contributed by atoms with E-state index in [1.807, 2.05) is 0 Å². The lowest BCUT2D eigenvalue weighted by atomic mass is 10.2. The summed E-state index contributed by atoms with van der Waals surface area (Å²) in [5, 5.41) is 44.3. The van der Waals surface area contributed by atoms with Gasteiger partial charge in [-0.25, -0.2) is 0 Å². The fourth-order valence-electron chi connectivity index (χ4n) is 11.8. The number of thiocarbonyl (C=S) groups is 4. The molecule has 132 heavy (non-hydrogen) atoms. The number of fused-ring (bicyclic) bond motifs is 4. The van der Waals surface area contributed by atoms with Crippen LogP contribution in [0.2, 0.25) is 20.1 Å². The number of carbonyl (C=O) groups is 9. The average molecular weight is 2010 g/mol. The van der Waals surface area contributed by atoms with Crippen LogP contribution >= 0.6 is 142 Å². The number of thioether (sulfide) groups is 4. The Labute approximate surface area is 801 Å². The number of pyridine rings is 4. The van der Waals surface area contributed by atoms with Gasteiger partial charge in [0.1, 0.15) is 85.1 Å². The number of para-hydroxylation sites is 4. The molecule has 0 spiro atoms. The molecule has 4 aliphatic heterocycles. The minimum Gasteiger partial charge on any atom is -0.481 e. The molecule has 4 aromatic carbocycles. The Balaban J connectivity index is 0.000000157. The summed E-state index contributed by atoms with van der Waals surface area (Å²) in [6.07, 6.45) is 10.7. The molecule has 4 saturated heterocycles. The van der Waals surface area contributed by atoms with Crippen molar-refractivity contribution in [1.82, 2.24) is 57.1 Å². The van der Waals surface area contributed by atoms with Crippen LogP contribution in [0.1, 0.15) is 54.9 Å². The normalized spacial score (nSPS) is 14.8. The van der Waals surface area contributed by atoms with E-state index in [9.17, 15) is 57.5 Å². The molecule has 0 radical (unpaired) electrons. The molecular weight excluding hydrogens is 1950 g/mol. The van der Waals surface area contributed by atoms with Crippen LogP contribution in [0.25, 0.3) is 46.9 Å². The summed E-state index contributed by atoms with van der Waals surface area (Å²) in [5.41, 5.74) is -0.254. The number of amides is 4. The maximum absolute atomic E-state index is 13.2. The van der Waals surface area contributed by atoms with Crippen LogP contribution in [-0.2, 0) is 43.2 Å². The highest BCUT2D eigenvalue weighted by molar-refractivity contribution is 8.28. The highest BCUT2D eigenvalue weighted by Gasteiger charge is 2.38. The Bertz CT molecular complexity index is 6370. The molecule has 34 nitrogen and oxygen atoms in total. The van der Waals surface area contributed by atoms with Crippen LogP contribution in [-0.4, -0.2) is 180 Å². The number of benzene rings is 4. The second kappa shape index (κ2) is 44.5. The molecule has 0 saturated carbocycles. The molecule has 0 aliphatic carbocycles. The third kappa shape index (κ3) is 24.1. The number of carboxylic acid groups (broad SMARTS) is 5. The molecule has 8 aromatic heterocycles. The fraction of sp³-hybridized carbons (Fsp3) is 0.105. The first-order chi connectivity index (χ1) is 63.1. The van der Waals surface area contributed by atoms with E-state index in [2.05, 4.69) is 19.9 Å². The smallest absolute Gasteiger partial charge is 0.305 e. The molecule has 4 aliphatic rings. The summed E-state index contributed by atoms with van der Waals surface area (Å²) in [5.74, 6) is -5.86. The third-order valence-corrected chi connectivity index (χ3v) is 24.7. The van der Waals surface area contributed by atoms with Crippen molar-refractivity contribution in [3.8, 4) is 46.5 Å². The van der Waals surface area contributed by atoms with Crippen LogP contribution in [0.3, 0.4) is 0 Å². The second-order valence-electron chi connectivity index (χ2n) is 26.8. The molecule has 12 heterocycles. The second-order valence-corrected chi connectivity index (χ2v) is 35.1. The van der Waals surface area contributed by atoms with E-state index in [0.29, 0.717) is 65.7 Å². The summed E-state index contributed by atoms with van der Waals surface area (Å²) in [6, 6.07) is 47.2. The van der Waals surface area contributed by atoms with Gasteiger partial charge in [-0.05, 0) is 121 Å². The van der Waals surface area contributed by atoms with Gasteiger partial charge in [0.05, 0.1) is 65.4 Å². The van der Waals surface area contributed by atoms with Gasteiger partial charge in [0.25, 0.3) is 51.8 Å². The number of carbonyl (C=O) groups excluding carboxylic acids is 4. The summed E-state index contributed by atoms with van der Waals surface area (Å²) < 4.78 is 29.6. The highest BCUT2D eigenvalue weighted by Crippen LogP contribution is 2.41. The standard InChI is InChI=1S/4C21H14ClN3O5S2.C2H4O2/c4*22-13-5-1-2-6-14(13)30-18-12(19(28)24-9-4-3-7-16(24)23-18)11-15-20(29)25(21(31)32-15)10-8-17(26)27;1-2(3)4/h4*1-7,9,11H,8,10H2,(H,26,27);1H3,(H,3,4)/b4*15-11-;. The average Bonchev–Trinajstić information content (AvgIpc) is 1.33. The summed E-state index contributed by atoms with van der Waals surface area (Å²) in [6.45, 7) is 0.842. The van der Waals surface area contributed by atoms with Crippen molar-refractivity contribution >= 4 is 260 Å². The topological polar surface area (TPSA) is 442 Å². The number of aliphatic carboxylic acids is 5. The Morgan fingerprint density at radius 3 is 0.682 bits per heavy atom. The highest BCUT2D eigenvalue weighted by atomic mass is 35.5. The first-order valence-corrected chi connectivity index (χ1v) is 44.4. The van der Waals surface area contributed by atoms with Crippen molar-refractivity contribution in [2.24, 2.45) is 0 Å². The first-order valence-electron chi connectivity index (χ1n) is 38.0.